The summed E-state index contributed by atoms with van der Waals surface area (Å²) < 4.78 is 0. The Bertz CT molecular complexity index is 288. The van der Waals surface area contributed by atoms with E-state index in [4.69, 9.17) is 0 Å². The van der Waals surface area contributed by atoms with Gasteiger partial charge in [-0.1, -0.05) is 29.8 Å². The fourth-order valence-corrected chi connectivity index (χ4v) is 2.00. The fraction of sp³-hybridized carbons (Fsp3) is 0.500. The average Bonchev–Trinajstić information content (AvgIpc) is 2.13. The van der Waals surface area contributed by atoms with E-state index in [1.165, 1.54) is 11.1 Å². The first-order valence-corrected chi connectivity index (χ1v) is 5.26. The van der Waals surface area contributed by atoms with Crippen molar-refractivity contribution in [3.63, 3.8) is 0 Å². The zero-order chi connectivity index (χ0) is 9.97. The van der Waals surface area contributed by atoms with Crippen molar-refractivity contribution in [1.29, 1.82) is 0 Å². The lowest BCUT2D eigenvalue weighted by atomic mass is 9.88. The molecular weight excluding hydrogens is 172 g/mol. The van der Waals surface area contributed by atoms with Crippen LogP contribution in [0.2, 0.25) is 0 Å². The highest BCUT2D eigenvalue weighted by atomic mass is 15.0. The minimum atomic E-state index is 0.511. The van der Waals surface area contributed by atoms with Gasteiger partial charge in [0, 0.05) is 25.0 Å². The summed E-state index contributed by atoms with van der Waals surface area (Å²) in [6.45, 7) is 4.40. The average molecular weight is 190 g/mol. The second-order valence-corrected chi connectivity index (χ2v) is 4.10. The van der Waals surface area contributed by atoms with Gasteiger partial charge in [0.1, 0.15) is 0 Å². The molecule has 1 aliphatic heterocycles. The Hall–Kier alpha value is -0.860. The Kier molecular flexibility index (Phi) is 2.85. The zero-order valence-electron chi connectivity index (χ0n) is 8.88. The number of hydrogen-bond acceptors (Lipinski definition) is 2. The molecule has 2 nitrogen and oxygen atoms in total. The van der Waals surface area contributed by atoms with Crippen LogP contribution in [-0.2, 0) is 0 Å². The quantitative estimate of drug-likeness (QED) is 0.754. The molecule has 0 saturated carbocycles. The first-order valence-electron chi connectivity index (χ1n) is 5.26. The highest BCUT2D eigenvalue weighted by molar-refractivity contribution is 5.25. The third-order valence-electron chi connectivity index (χ3n) is 3.03. The minimum absolute atomic E-state index is 0.511. The third-order valence-corrected chi connectivity index (χ3v) is 3.03. The molecule has 2 N–H and O–H groups in total. The van der Waals surface area contributed by atoms with Crippen LogP contribution in [0.3, 0.4) is 0 Å². The monoisotopic (exact) mass is 190 g/mol. The number of aryl methyl sites for hydroxylation is 1. The molecule has 14 heavy (non-hydrogen) atoms. The summed E-state index contributed by atoms with van der Waals surface area (Å²) in [6, 6.07) is 9.35. The molecule has 0 aromatic heterocycles. The van der Waals surface area contributed by atoms with E-state index in [-0.39, 0.29) is 0 Å². The Morgan fingerprint density at radius 2 is 1.93 bits per heavy atom. The molecule has 1 heterocycles. The molecule has 0 radical (unpaired) electrons. The molecule has 0 aliphatic carbocycles. The Morgan fingerprint density at radius 1 is 1.29 bits per heavy atom. The van der Waals surface area contributed by atoms with Gasteiger partial charge < -0.3 is 10.6 Å². The lowest BCUT2D eigenvalue weighted by Crippen LogP contribution is -2.48. The topological polar surface area (TPSA) is 24.1 Å². The second kappa shape index (κ2) is 4.11. The zero-order valence-corrected chi connectivity index (χ0v) is 8.88. The molecule has 1 fully saturated rings. The van der Waals surface area contributed by atoms with Gasteiger partial charge in [0.15, 0.2) is 0 Å². The van der Waals surface area contributed by atoms with Crippen molar-refractivity contribution in [3.05, 3.63) is 35.4 Å². The van der Waals surface area contributed by atoms with E-state index >= 15 is 0 Å². The van der Waals surface area contributed by atoms with Crippen molar-refractivity contribution in [3.8, 4) is 0 Å². The molecule has 1 unspecified atom stereocenters. The van der Waals surface area contributed by atoms with Gasteiger partial charge in [-0.25, -0.2) is 0 Å². The summed E-state index contributed by atoms with van der Waals surface area (Å²) in [5, 5.41) is 6.72. The van der Waals surface area contributed by atoms with Crippen LogP contribution in [0.4, 0.5) is 0 Å². The summed E-state index contributed by atoms with van der Waals surface area (Å²) in [5.74, 6) is 0.753. The van der Waals surface area contributed by atoms with Crippen LogP contribution in [0.15, 0.2) is 24.3 Å². The molecule has 2 heteroatoms. The van der Waals surface area contributed by atoms with Gasteiger partial charge in [0.2, 0.25) is 0 Å². The van der Waals surface area contributed by atoms with E-state index in [1.54, 1.807) is 0 Å². The molecular formula is C12H18N2. The number of benzene rings is 1. The van der Waals surface area contributed by atoms with Gasteiger partial charge in [-0.3, -0.25) is 0 Å². The van der Waals surface area contributed by atoms with E-state index in [9.17, 15) is 0 Å². The van der Waals surface area contributed by atoms with Gasteiger partial charge in [0.05, 0.1) is 0 Å². The first-order chi connectivity index (χ1) is 6.81. The van der Waals surface area contributed by atoms with E-state index in [2.05, 4.69) is 41.8 Å². The SMILES string of the molecule is CNC(c1ccc(C)cc1)C1CNC1. The van der Waals surface area contributed by atoms with Crippen LogP contribution in [0, 0.1) is 12.8 Å². The fourth-order valence-electron chi connectivity index (χ4n) is 2.00. The predicted molar refractivity (Wildman–Crippen MR) is 59.3 cm³/mol. The van der Waals surface area contributed by atoms with Crippen molar-refractivity contribution >= 4 is 0 Å². The van der Waals surface area contributed by atoms with Crippen LogP contribution >= 0.6 is 0 Å². The third kappa shape index (κ3) is 1.81. The van der Waals surface area contributed by atoms with Crippen LogP contribution in [-0.4, -0.2) is 20.1 Å². The minimum Gasteiger partial charge on any atom is -0.316 e. The van der Waals surface area contributed by atoms with E-state index in [0.29, 0.717) is 6.04 Å². The molecule has 1 aliphatic rings. The van der Waals surface area contributed by atoms with Crippen molar-refractivity contribution in [2.45, 2.75) is 13.0 Å². The summed E-state index contributed by atoms with van der Waals surface area (Å²) >= 11 is 0. The van der Waals surface area contributed by atoms with Gasteiger partial charge in [-0.2, -0.15) is 0 Å². The van der Waals surface area contributed by atoms with Crippen molar-refractivity contribution in [1.82, 2.24) is 10.6 Å². The normalized spacial score (nSPS) is 19.0. The summed E-state index contributed by atoms with van der Waals surface area (Å²) in [5.41, 5.74) is 2.74. The molecule has 1 aromatic carbocycles. The number of nitrogens with one attached hydrogen (secondary N) is 2. The summed E-state index contributed by atoms with van der Waals surface area (Å²) in [6.07, 6.45) is 0. The summed E-state index contributed by atoms with van der Waals surface area (Å²) in [4.78, 5) is 0. The second-order valence-electron chi connectivity index (χ2n) is 4.10. The van der Waals surface area contributed by atoms with Gasteiger partial charge in [-0.05, 0) is 19.5 Å². The molecule has 1 aromatic rings. The highest BCUT2D eigenvalue weighted by Crippen LogP contribution is 2.24. The maximum Gasteiger partial charge on any atom is 0.0370 e. The Labute approximate surface area is 85.7 Å². The highest BCUT2D eigenvalue weighted by Gasteiger charge is 2.26. The van der Waals surface area contributed by atoms with Crippen LogP contribution < -0.4 is 10.6 Å². The Morgan fingerprint density at radius 3 is 2.36 bits per heavy atom. The van der Waals surface area contributed by atoms with Crippen molar-refractivity contribution < 1.29 is 0 Å². The van der Waals surface area contributed by atoms with Crippen LogP contribution in [0.25, 0.3) is 0 Å². The molecule has 76 valence electrons. The van der Waals surface area contributed by atoms with Gasteiger partial charge in [-0.15, -0.1) is 0 Å². The van der Waals surface area contributed by atoms with Gasteiger partial charge in [0.25, 0.3) is 0 Å². The smallest absolute Gasteiger partial charge is 0.0370 e. The lowest BCUT2D eigenvalue weighted by Gasteiger charge is -2.34. The molecule has 0 spiro atoms. The maximum atomic E-state index is 3.40. The predicted octanol–water partition coefficient (Wildman–Crippen LogP) is 1.47. The van der Waals surface area contributed by atoms with E-state index in [1.807, 2.05) is 7.05 Å². The van der Waals surface area contributed by atoms with E-state index < -0.39 is 0 Å². The van der Waals surface area contributed by atoms with Gasteiger partial charge >= 0.3 is 0 Å². The number of hydrogen-bond donors (Lipinski definition) is 2. The first kappa shape index (κ1) is 9.69. The molecule has 1 atom stereocenters. The molecule has 0 amide bonds. The maximum absolute atomic E-state index is 3.40. The van der Waals surface area contributed by atoms with Crippen LogP contribution in [0.1, 0.15) is 17.2 Å². The Balaban J connectivity index is 2.14. The van der Waals surface area contributed by atoms with Crippen molar-refractivity contribution in [2.75, 3.05) is 20.1 Å². The molecule has 2 rings (SSSR count). The summed E-state index contributed by atoms with van der Waals surface area (Å²) in [7, 11) is 2.04. The van der Waals surface area contributed by atoms with E-state index in [0.717, 1.165) is 19.0 Å². The largest absolute Gasteiger partial charge is 0.316 e. The molecule has 1 saturated heterocycles. The van der Waals surface area contributed by atoms with Crippen molar-refractivity contribution in [2.24, 2.45) is 5.92 Å². The standard InChI is InChI=1S/C12H18N2/c1-9-3-5-10(6-4-9)12(13-2)11-7-14-8-11/h3-6,11-14H,7-8H2,1-2H3. The number of rotatable bonds is 3. The van der Waals surface area contributed by atoms with Crippen LogP contribution in [0.5, 0.6) is 0 Å². The lowest BCUT2D eigenvalue weighted by molar-refractivity contribution is 0.268. The molecule has 0 bridgehead atoms.